The van der Waals surface area contributed by atoms with Crippen molar-refractivity contribution in [1.82, 2.24) is 9.13 Å². The normalized spacial score (nSPS) is 12.0. The van der Waals surface area contributed by atoms with Gasteiger partial charge in [0, 0.05) is 29.4 Å². The van der Waals surface area contributed by atoms with E-state index >= 15 is 4.39 Å². The lowest BCUT2D eigenvalue weighted by Crippen LogP contribution is -2.46. The molecule has 0 amide bonds. The van der Waals surface area contributed by atoms with E-state index in [4.69, 9.17) is 10.5 Å². The summed E-state index contributed by atoms with van der Waals surface area (Å²) >= 11 is 0. The van der Waals surface area contributed by atoms with Crippen LogP contribution in [0.15, 0.2) is 70.3 Å². The first-order valence-corrected chi connectivity index (χ1v) is 11.7. The van der Waals surface area contributed by atoms with Crippen LogP contribution in [0.5, 0.6) is 5.75 Å². The van der Waals surface area contributed by atoms with Crippen molar-refractivity contribution < 1.29 is 22.3 Å². The molecule has 6 nitrogen and oxygen atoms in total. The Morgan fingerprint density at radius 1 is 0.921 bits per heavy atom. The topological polar surface area (TPSA) is 79.2 Å². The maximum absolute atomic E-state index is 15.3. The van der Waals surface area contributed by atoms with Crippen LogP contribution in [0.25, 0.3) is 11.1 Å². The SMILES string of the molecule is COc1cccc(-c2c(C)n(Cc3c(F)cccc3F)c(=O)n(CC(N)Cc3cccc(F)c3)c2=O)c1F. The van der Waals surface area contributed by atoms with Crippen LogP contribution in [0, 0.1) is 30.2 Å². The average molecular weight is 528 g/mol. The third kappa shape index (κ3) is 5.26. The Balaban J connectivity index is 1.90. The van der Waals surface area contributed by atoms with Gasteiger partial charge in [-0.2, -0.15) is 0 Å². The number of halogens is 4. The quantitative estimate of drug-likeness (QED) is 0.349. The molecule has 3 aromatic carbocycles. The molecule has 2 N–H and O–H groups in total. The monoisotopic (exact) mass is 527 g/mol. The first-order chi connectivity index (χ1) is 18.1. The minimum Gasteiger partial charge on any atom is -0.494 e. The van der Waals surface area contributed by atoms with E-state index in [0.717, 1.165) is 21.3 Å². The summed E-state index contributed by atoms with van der Waals surface area (Å²) in [5, 5.41) is 0. The molecular weight excluding hydrogens is 502 g/mol. The molecule has 0 radical (unpaired) electrons. The highest BCUT2D eigenvalue weighted by Gasteiger charge is 2.24. The Kier molecular flexibility index (Phi) is 7.82. The second kappa shape index (κ2) is 11.1. The zero-order valence-corrected chi connectivity index (χ0v) is 20.7. The molecule has 38 heavy (non-hydrogen) atoms. The number of benzene rings is 3. The number of aromatic nitrogens is 2. The number of nitrogens with zero attached hydrogens (tertiary/aromatic N) is 2. The van der Waals surface area contributed by atoms with Crippen LogP contribution in [0.1, 0.15) is 16.8 Å². The van der Waals surface area contributed by atoms with Crippen LogP contribution in [0.4, 0.5) is 17.6 Å². The van der Waals surface area contributed by atoms with Gasteiger partial charge in [-0.15, -0.1) is 0 Å². The third-order valence-corrected chi connectivity index (χ3v) is 6.32. The molecule has 0 saturated heterocycles. The molecule has 1 atom stereocenters. The highest BCUT2D eigenvalue weighted by molar-refractivity contribution is 5.67. The molecule has 0 saturated carbocycles. The standard InChI is InChI=1S/C28H25F4N3O3/c1-16-25(20-8-4-11-24(38-2)26(20)32)27(36)35(14-19(33)13-17-6-3-7-18(29)12-17)28(37)34(16)15-21-22(30)9-5-10-23(21)31/h3-12,19H,13-15,33H2,1-2H3. The molecule has 1 unspecified atom stereocenters. The van der Waals surface area contributed by atoms with Gasteiger partial charge in [0.15, 0.2) is 11.6 Å². The largest absolute Gasteiger partial charge is 0.494 e. The van der Waals surface area contributed by atoms with Gasteiger partial charge in [0.1, 0.15) is 17.5 Å². The van der Waals surface area contributed by atoms with Gasteiger partial charge in [0.25, 0.3) is 5.56 Å². The zero-order valence-electron chi connectivity index (χ0n) is 20.7. The van der Waals surface area contributed by atoms with Gasteiger partial charge in [-0.25, -0.2) is 22.4 Å². The molecule has 0 aliphatic rings. The molecule has 1 aromatic heterocycles. The molecule has 1 heterocycles. The van der Waals surface area contributed by atoms with Crippen molar-refractivity contribution in [2.75, 3.05) is 7.11 Å². The first-order valence-electron chi connectivity index (χ1n) is 11.7. The van der Waals surface area contributed by atoms with Crippen LogP contribution in [0.2, 0.25) is 0 Å². The lowest BCUT2D eigenvalue weighted by atomic mass is 10.0. The molecule has 198 valence electrons. The van der Waals surface area contributed by atoms with Gasteiger partial charge in [0.2, 0.25) is 0 Å². The molecule has 0 bridgehead atoms. The average Bonchev–Trinajstić information content (AvgIpc) is 2.87. The van der Waals surface area contributed by atoms with Gasteiger partial charge in [-0.05, 0) is 49.2 Å². The molecule has 0 aliphatic heterocycles. The van der Waals surface area contributed by atoms with E-state index in [-0.39, 0.29) is 35.5 Å². The van der Waals surface area contributed by atoms with Crippen molar-refractivity contribution >= 4 is 0 Å². The summed E-state index contributed by atoms with van der Waals surface area (Å²) < 4.78 is 64.8. The summed E-state index contributed by atoms with van der Waals surface area (Å²) in [4.78, 5) is 27.1. The van der Waals surface area contributed by atoms with Crippen molar-refractivity contribution in [3.05, 3.63) is 122 Å². The van der Waals surface area contributed by atoms with E-state index in [1.165, 1.54) is 56.5 Å². The van der Waals surface area contributed by atoms with E-state index in [9.17, 15) is 22.8 Å². The van der Waals surface area contributed by atoms with Crippen molar-refractivity contribution in [3.63, 3.8) is 0 Å². The second-order valence-electron chi connectivity index (χ2n) is 8.86. The molecule has 4 aromatic rings. The van der Waals surface area contributed by atoms with Crippen molar-refractivity contribution in [2.24, 2.45) is 5.73 Å². The molecule has 10 heteroatoms. The molecule has 0 aliphatic carbocycles. The van der Waals surface area contributed by atoms with E-state index in [1.807, 2.05) is 0 Å². The number of rotatable bonds is 8. The van der Waals surface area contributed by atoms with Crippen molar-refractivity contribution in [2.45, 2.75) is 32.5 Å². The van der Waals surface area contributed by atoms with Crippen LogP contribution < -0.4 is 21.7 Å². The number of methoxy groups -OCH3 is 1. The number of hydrogen-bond donors (Lipinski definition) is 1. The summed E-state index contributed by atoms with van der Waals surface area (Å²) in [6.45, 7) is 0.529. The summed E-state index contributed by atoms with van der Waals surface area (Å²) in [6, 6.07) is 12.4. The molecule has 0 spiro atoms. The Bertz CT molecular complexity index is 1590. The minimum absolute atomic E-state index is 0.00441. The summed E-state index contributed by atoms with van der Waals surface area (Å²) in [6.07, 6.45) is 0.127. The molecule has 0 fully saturated rings. The smallest absolute Gasteiger partial charge is 0.331 e. The Morgan fingerprint density at radius 3 is 2.24 bits per heavy atom. The van der Waals surface area contributed by atoms with Gasteiger partial charge >= 0.3 is 5.69 Å². The fourth-order valence-electron chi connectivity index (χ4n) is 4.43. The Hall–Kier alpha value is -4.18. The van der Waals surface area contributed by atoms with Crippen molar-refractivity contribution in [3.8, 4) is 16.9 Å². The highest BCUT2D eigenvalue weighted by atomic mass is 19.1. The van der Waals surface area contributed by atoms with Gasteiger partial charge in [-0.3, -0.25) is 13.9 Å². The van der Waals surface area contributed by atoms with Crippen LogP contribution in [-0.4, -0.2) is 22.3 Å². The fraction of sp³-hybridized carbons (Fsp3) is 0.214. The molecule has 4 rings (SSSR count). The summed E-state index contributed by atoms with van der Waals surface area (Å²) in [5.74, 6) is -3.20. The predicted molar refractivity (Wildman–Crippen MR) is 135 cm³/mol. The van der Waals surface area contributed by atoms with Crippen LogP contribution in [0.3, 0.4) is 0 Å². The van der Waals surface area contributed by atoms with E-state index in [0.29, 0.717) is 5.56 Å². The van der Waals surface area contributed by atoms with Crippen molar-refractivity contribution in [1.29, 1.82) is 0 Å². The number of nitrogens with two attached hydrogens (primary N) is 1. The number of hydrogen-bond acceptors (Lipinski definition) is 4. The zero-order chi connectivity index (χ0) is 27.6. The van der Waals surface area contributed by atoms with Crippen LogP contribution >= 0.6 is 0 Å². The predicted octanol–water partition coefficient (Wildman–Crippen LogP) is 4.17. The summed E-state index contributed by atoms with van der Waals surface area (Å²) in [5.41, 5.74) is 4.34. The lowest BCUT2D eigenvalue weighted by molar-refractivity contribution is 0.387. The fourth-order valence-corrected chi connectivity index (χ4v) is 4.43. The maximum atomic E-state index is 15.3. The van der Waals surface area contributed by atoms with Gasteiger partial charge in [-0.1, -0.05) is 30.3 Å². The van der Waals surface area contributed by atoms with Crippen LogP contribution in [-0.2, 0) is 19.5 Å². The summed E-state index contributed by atoms with van der Waals surface area (Å²) in [7, 11) is 1.26. The first kappa shape index (κ1) is 26.9. The Labute approximate surface area is 215 Å². The third-order valence-electron chi connectivity index (χ3n) is 6.32. The molecular formula is C28H25F4N3O3. The van der Waals surface area contributed by atoms with E-state index < -0.39 is 52.7 Å². The maximum Gasteiger partial charge on any atom is 0.331 e. The Morgan fingerprint density at radius 2 is 1.58 bits per heavy atom. The highest BCUT2D eigenvalue weighted by Crippen LogP contribution is 2.29. The number of ether oxygens (including phenoxy) is 1. The van der Waals surface area contributed by atoms with E-state index in [2.05, 4.69) is 0 Å². The second-order valence-corrected chi connectivity index (χ2v) is 8.86. The van der Waals surface area contributed by atoms with E-state index in [1.54, 1.807) is 6.07 Å². The minimum atomic E-state index is -0.883. The van der Waals surface area contributed by atoms with Gasteiger partial charge < -0.3 is 10.5 Å². The van der Waals surface area contributed by atoms with Gasteiger partial charge in [0.05, 0.1) is 19.2 Å². The lowest BCUT2D eigenvalue weighted by Gasteiger charge is -2.20.